The monoisotopic (exact) mass is 341 g/mol. The molecule has 2 rings (SSSR count). The van der Waals surface area contributed by atoms with Gasteiger partial charge in [0.2, 0.25) is 0 Å². The van der Waals surface area contributed by atoms with Gasteiger partial charge in [-0.2, -0.15) is 0 Å². The van der Waals surface area contributed by atoms with Crippen molar-refractivity contribution < 1.29 is 4.74 Å². The quantitative estimate of drug-likeness (QED) is 0.438. The number of pyridine rings is 1. The van der Waals surface area contributed by atoms with Crippen LogP contribution in [0.1, 0.15) is 12.1 Å². The maximum atomic E-state index is 5.67. The summed E-state index contributed by atoms with van der Waals surface area (Å²) in [6, 6.07) is 15.8. The van der Waals surface area contributed by atoms with Crippen molar-refractivity contribution in [2.75, 3.05) is 39.2 Å². The lowest BCUT2D eigenvalue weighted by Gasteiger charge is -2.14. The summed E-state index contributed by atoms with van der Waals surface area (Å²) in [6.07, 6.45) is 0.893. The van der Waals surface area contributed by atoms with E-state index in [1.54, 1.807) is 7.05 Å². The zero-order chi connectivity index (χ0) is 17.9. The van der Waals surface area contributed by atoms with Crippen LogP contribution in [0, 0.1) is 0 Å². The van der Waals surface area contributed by atoms with Gasteiger partial charge in [-0.15, -0.1) is 0 Å². The molecule has 0 radical (unpaired) electrons. The molecule has 0 aliphatic heterocycles. The third kappa shape index (κ3) is 6.71. The predicted octanol–water partition coefficient (Wildman–Crippen LogP) is 2.28. The molecular formula is C19H27N5O. The van der Waals surface area contributed by atoms with E-state index in [0.717, 1.165) is 36.2 Å². The summed E-state index contributed by atoms with van der Waals surface area (Å²) >= 11 is 0. The molecule has 0 unspecified atom stereocenters. The molecule has 2 N–H and O–H groups in total. The summed E-state index contributed by atoms with van der Waals surface area (Å²) in [5.41, 5.74) is 0.974. The second-order valence-electron chi connectivity index (χ2n) is 5.75. The molecule has 0 bridgehead atoms. The third-order valence-electron chi connectivity index (χ3n) is 3.54. The van der Waals surface area contributed by atoms with E-state index >= 15 is 0 Å². The Morgan fingerprint density at radius 2 is 1.88 bits per heavy atom. The van der Waals surface area contributed by atoms with Gasteiger partial charge < -0.3 is 20.3 Å². The number of hydrogen-bond donors (Lipinski definition) is 2. The van der Waals surface area contributed by atoms with Gasteiger partial charge in [0.25, 0.3) is 0 Å². The average molecular weight is 341 g/mol. The predicted molar refractivity (Wildman–Crippen MR) is 103 cm³/mol. The van der Waals surface area contributed by atoms with Gasteiger partial charge in [0, 0.05) is 27.7 Å². The van der Waals surface area contributed by atoms with Crippen molar-refractivity contribution >= 4 is 11.8 Å². The van der Waals surface area contributed by atoms with Crippen LogP contribution in [-0.2, 0) is 6.54 Å². The van der Waals surface area contributed by atoms with Crippen LogP contribution in [0.15, 0.2) is 53.5 Å². The Balaban J connectivity index is 1.67. The Hall–Kier alpha value is -2.76. The van der Waals surface area contributed by atoms with Gasteiger partial charge in [0.1, 0.15) is 11.6 Å². The SMILES string of the molecule is CN=C(NCCCOc1ccccc1)NCc1cccc(N(C)C)n1. The van der Waals surface area contributed by atoms with Crippen LogP contribution in [0.3, 0.4) is 0 Å². The van der Waals surface area contributed by atoms with Crippen molar-refractivity contribution in [2.24, 2.45) is 4.99 Å². The zero-order valence-corrected chi connectivity index (χ0v) is 15.2. The van der Waals surface area contributed by atoms with Gasteiger partial charge in [0.15, 0.2) is 5.96 Å². The van der Waals surface area contributed by atoms with Crippen molar-refractivity contribution in [1.29, 1.82) is 0 Å². The number of hydrogen-bond acceptors (Lipinski definition) is 4. The molecule has 25 heavy (non-hydrogen) atoms. The Bertz CT molecular complexity index is 658. The van der Waals surface area contributed by atoms with Crippen molar-refractivity contribution in [3.05, 3.63) is 54.2 Å². The van der Waals surface area contributed by atoms with Crippen LogP contribution < -0.4 is 20.3 Å². The first-order valence-corrected chi connectivity index (χ1v) is 8.44. The highest BCUT2D eigenvalue weighted by molar-refractivity contribution is 5.79. The van der Waals surface area contributed by atoms with Gasteiger partial charge in [0.05, 0.1) is 18.8 Å². The Morgan fingerprint density at radius 1 is 1.08 bits per heavy atom. The Morgan fingerprint density at radius 3 is 2.60 bits per heavy atom. The number of para-hydroxylation sites is 1. The largest absolute Gasteiger partial charge is 0.494 e. The van der Waals surface area contributed by atoms with Crippen molar-refractivity contribution in [1.82, 2.24) is 15.6 Å². The maximum Gasteiger partial charge on any atom is 0.191 e. The van der Waals surface area contributed by atoms with Gasteiger partial charge in [-0.1, -0.05) is 24.3 Å². The molecule has 0 saturated heterocycles. The molecule has 1 aromatic heterocycles. The normalized spacial score (nSPS) is 11.1. The average Bonchev–Trinajstić information content (AvgIpc) is 2.65. The second-order valence-corrected chi connectivity index (χ2v) is 5.75. The van der Waals surface area contributed by atoms with Crippen LogP contribution in [-0.4, -0.2) is 45.2 Å². The van der Waals surface area contributed by atoms with Gasteiger partial charge in [-0.3, -0.25) is 4.99 Å². The van der Waals surface area contributed by atoms with E-state index in [0.29, 0.717) is 13.2 Å². The lowest BCUT2D eigenvalue weighted by Crippen LogP contribution is -2.37. The summed E-state index contributed by atoms with van der Waals surface area (Å²) in [7, 11) is 5.73. The minimum Gasteiger partial charge on any atom is -0.494 e. The first-order valence-electron chi connectivity index (χ1n) is 8.44. The molecule has 1 aromatic carbocycles. The molecule has 6 nitrogen and oxygen atoms in total. The molecular weight excluding hydrogens is 314 g/mol. The van der Waals surface area contributed by atoms with E-state index in [2.05, 4.69) is 20.6 Å². The van der Waals surface area contributed by atoms with Crippen LogP contribution >= 0.6 is 0 Å². The maximum absolute atomic E-state index is 5.67. The molecule has 0 aliphatic rings. The van der Waals surface area contributed by atoms with Crippen molar-refractivity contribution in [2.45, 2.75) is 13.0 Å². The fourth-order valence-corrected chi connectivity index (χ4v) is 2.20. The summed E-state index contributed by atoms with van der Waals surface area (Å²) in [5.74, 6) is 2.61. The number of guanidine groups is 1. The summed E-state index contributed by atoms with van der Waals surface area (Å²) in [4.78, 5) is 10.8. The standard InChI is InChI=1S/C19H27N5O/c1-20-19(21-13-8-14-25-17-10-5-4-6-11-17)22-15-16-9-7-12-18(23-16)24(2)3/h4-7,9-12H,8,13-15H2,1-3H3,(H2,20,21,22). The highest BCUT2D eigenvalue weighted by atomic mass is 16.5. The zero-order valence-electron chi connectivity index (χ0n) is 15.2. The van der Waals surface area contributed by atoms with Gasteiger partial charge in [-0.25, -0.2) is 4.98 Å². The van der Waals surface area contributed by atoms with Crippen LogP contribution in [0.4, 0.5) is 5.82 Å². The van der Waals surface area contributed by atoms with Gasteiger partial charge in [-0.05, 0) is 30.7 Å². The topological polar surface area (TPSA) is 61.8 Å². The fraction of sp³-hybridized carbons (Fsp3) is 0.368. The Labute approximate surface area is 149 Å². The Kier molecular flexibility index (Phi) is 7.56. The van der Waals surface area contributed by atoms with E-state index in [9.17, 15) is 0 Å². The molecule has 2 aromatic rings. The smallest absolute Gasteiger partial charge is 0.191 e. The summed E-state index contributed by atoms with van der Waals surface area (Å²) in [6.45, 7) is 2.08. The van der Waals surface area contributed by atoms with Crippen LogP contribution in [0.2, 0.25) is 0 Å². The lowest BCUT2D eigenvalue weighted by molar-refractivity contribution is 0.311. The highest BCUT2D eigenvalue weighted by Gasteiger charge is 2.02. The number of aromatic nitrogens is 1. The van der Waals surface area contributed by atoms with E-state index in [1.807, 2.05) is 67.5 Å². The molecule has 134 valence electrons. The minimum absolute atomic E-state index is 0.627. The van der Waals surface area contributed by atoms with Crippen molar-refractivity contribution in [3.8, 4) is 5.75 Å². The summed E-state index contributed by atoms with van der Waals surface area (Å²) in [5, 5.41) is 6.56. The fourth-order valence-electron chi connectivity index (χ4n) is 2.20. The summed E-state index contributed by atoms with van der Waals surface area (Å²) < 4.78 is 5.67. The van der Waals surface area contributed by atoms with Crippen molar-refractivity contribution in [3.63, 3.8) is 0 Å². The molecule has 0 atom stereocenters. The molecule has 0 spiro atoms. The van der Waals surface area contributed by atoms with Crippen LogP contribution in [0.5, 0.6) is 5.75 Å². The van der Waals surface area contributed by atoms with Crippen LogP contribution in [0.25, 0.3) is 0 Å². The van der Waals surface area contributed by atoms with E-state index in [-0.39, 0.29) is 0 Å². The van der Waals surface area contributed by atoms with E-state index < -0.39 is 0 Å². The van der Waals surface area contributed by atoms with Gasteiger partial charge >= 0.3 is 0 Å². The molecule has 0 aliphatic carbocycles. The first-order chi connectivity index (χ1) is 12.2. The van der Waals surface area contributed by atoms with E-state index in [1.165, 1.54) is 0 Å². The third-order valence-corrected chi connectivity index (χ3v) is 3.54. The lowest BCUT2D eigenvalue weighted by atomic mass is 10.3. The minimum atomic E-state index is 0.627. The van der Waals surface area contributed by atoms with E-state index in [4.69, 9.17) is 4.74 Å². The number of ether oxygens (including phenoxy) is 1. The number of rotatable bonds is 8. The molecule has 0 amide bonds. The molecule has 1 heterocycles. The molecule has 0 saturated carbocycles. The number of nitrogens with one attached hydrogen (secondary N) is 2. The number of anilines is 1. The molecule has 0 fully saturated rings. The molecule has 6 heteroatoms. The second kappa shape index (κ2) is 10.2. The first kappa shape index (κ1) is 18.6. The highest BCUT2D eigenvalue weighted by Crippen LogP contribution is 2.08. The number of nitrogens with zero attached hydrogens (tertiary/aromatic N) is 3. The number of benzene rings is 1. The number of aliphatic imine (C=N–C) groups is 1.